The Labute approximate surface area is 158 Å². The molecule has 6 nitrogen and oxygen atoms in total. The summed E-state index contributed by atoms with van der Waals surface area (Å²) in [5, 5.41) is 19.0. The number of para-hydroxylation sites is 1. The van der Waals surface area contributed by atoms with E-state index < -0.39 is 53.3 Å². The minimum absolute atomic E-state index is 0.307. The van der Waals surface area contributed by atoms with Crippen molar-refractivity contribution in [3.63, 3.8) is 0 Å². The number of aromatic carboxylic acids is 1. The van der Waals surface area contributed by atoms with Crippen LogP contribution in [-0.4, -0.2) is 30.7 Å². The van der Waals surface area contributed by atoms with Gasteiger partial charge in [-0.1, -0.05) is 12.1 Å². The number of hydrogen-bond acceptors (Lipinski definition) is 4. The van der Waals surface area contributed by atoms with Crippen molar-refractivity contribution < 1.29 is 41.4 Å². The molecule has 0 saturated carbocycles. The lowest BCUT2D eigenvalue weighted by Crippen LogP contribution is -2.15. The number of hydrogen-bond donors (Lipinski definition) is 2. The van der Waals surface area contributed by atoms with Crippen molar-refractivity contribution in [2.24, 2.45) is 0 Å². The van der Waals surface area contributed by atoms with E-state index in [2.05, 4.69) is 9.97 Å². The van der Waals surface area contributed by atoms with E-state index in [1.54, 1.807) is 0 Å². The maximum atomic E-state index is 13.3. The molecule has 29 heavy (non-hydrogen) atoms. The van der Waals surface area contributed by atoms with E-state index in [9.17, 15) is 36.2 Å². The van der Waals surface area contributed by atoms with Gasteiger partial charge in [0, 0.05) is 11.6 Å². The van der Waals surface area contributed by atoms with Crippen molar-refractivity contribution in [1.29, 1.82) is 0 Å². The van der Waals surface area contributed by atoms with Crippen LogP contribution < -0.4 is 0 Å². The van der Waals surface area contributed by atoms with Gasteiger partial charge < -0.3 is 14.8 Å². The summed E-state index contributed by atoms with van der Waals surface area (Å²) in [6.45, 7) is -0.438. The van der Waals surface area contributed by atoms with Gasteiger partial charge in [-0.25, -0.2) is 14.8 Å². The summed E-state index contributed by atoms with van der Waals surface area (Å²) in [6.07, 6.45) is -9.64. The van der Waals surface area contributed by atoms with Crippen LogP contribution in [-0.2, 0) is 18.9 Å². The molecule has 0 bridgehead atoms. The van der Waals surface area contributed by atoms with Gasteiger partial charge in [0.1, 0.15) is 5.69 Å². The molecule has 2 N–H and O–H groups in total. The number of aromatic nitrogens is 3. The average molecular weight is 419 g/mol. The van der Waals surface area contributed by atoms with E-state index >= 15 is 0 Å². The van der Waals surface area contributed by atoms with E-state index in [-0.39, 0.29) is 11.1 Å². The molecule has 2 aromatic heterocycles. The monoisotopic (exact) mass is 419 g/mol. The first-order chi connectivity index (χ1) is 13.4. The third kappa shape index (κ3) is 4.16. The molecular formula is C17H11F6N3O3. The molecule has 2 heterocycles. The number of imidazole rings is 1. The Morgan fingerprint density at radius 1 is 1.14 bits per heavy atom. The second-order valence-corrected chi connectivity index (χ2v) is 6.07. The molecule has 154 valence electrons. The zero-order valence-electron chi connectivity index (χ0n) is 14.2. The predicted octanol–water partition coefficient (Wildman–Crippen LogP) is 3.90. The number of benzene rings is 1. The normalized spacial score (nSPS) is 13.6. The fraction of sp³-hybridized carbons (Fsp3) is 0.235. The zero-order valence-corrected chi connectivity index (χ0v) is 14.2. The molecule has 3 rings (SSSR count). The van der Waals surface area contributed by atoms with Crippen molar-refractivity contribution in [1.82, 2.24) is 14.5 Å². The highest BCUT2D eigenvalue weighted by molar-refractivity contribution is 5.86. The van der Waals surface area contributed by atoms with Gasteiger partial charge in [0.25, 0.3) is 0 Å². The van der Waals surface area contributed by atoms with Crippen molar-refractivity contribution in [3.8, 4) is 0 Å². The molecular weight excluding hydrogens is 408 g/mol. The summed E-state index contributed by atoms with van der Waals surface area (Å²) in [4.78, 5) is 17.5. The van der Waals surface area contributed by atoms with Crippen LogP contribution >= 0.6 is 0 Å². The minimum Gasteiger partial charge on any atom is -0.476 e. The molecule has 0 aliphatic carbocycles. The van der Waals surface area contributed by atoms with Crippen LogP contribution in [0.1, 0.15) is 33.4 Å². The quantitative estimate of drug-likeness (QED) is 0.627. The number of carbonyl (C=O) groups is 1. The number of nitrogens with zero attached hydrogens (tertiary/aromatic N) is 3. The van der Waals surface area contributed by atoms with Crippen molar-refractivity contribution in [2.45, 2.75) is 25.0 Å². The van der Waals surface area contributed by atoms with Gasteiger partial charge in [0.05, 0.1) is 30.1 Å². The van der Waals surface area contributed by atoms with Crippen LogP contribution in [0.5, 0.6) is 0 Å². The number of carboxylic acids is 1. The third-order valence-electron chi connectivity index (χ3n) is 4.06. The molecule has 0 aliphatic heterocycles. The van der Waals surface area contributed by atoms with Gasteiger partial charge >= 0.3 is 18.3 Å². The van der Waals surface area contributed by atoms with Gasteiger partial charge in [-0.05, 0) is 17.7 Å². The van der Waals surface area contributed by atoms with Crippen LogP contribution in [0.2, 0.25) is 0 Å². The third-order valence-corrected chi connectivity index (χ3v) is 4.06. The molecule has 0 aliphatic rings. The molecule has 0 radical (unpaired) electrons. The molecule has 1 aromatic carbocycles. The predicted molar refractivity (Wildman–Crippen MR) is 85.9 cm³/mol. The second kappa shape index (κ2) is 7.03. The van der Waals surface area contributed by atoms with Gasteiger partial charge in [-0.15, -0.1) is 0 Å². The topological polar surface area (TPSA) is 88.2 Å². The average Bonchev–Trinajstić information content (AvgIpc) is 3.07. The first-order valence-electron chi connectivity index (χ1n) is 7.89. The number of rotatable bonds is 4. The standard InChI is InChI=1S/C17H11F6N3O3/c18-16(19,20)10-3-1-2-8-9(4-13(17(21,22)23)25-14(8)10)12(27)6-26-5-11(15(28)29)24-7-26/h1-5,7,12,27H,6H2,(H,28,29). The maximum absolute atomic E-state index is 13.3. The van der Waals surface area contributed by atoms with Crippen molar-refractivity contribution >= 4 is 16.9 Å². The van der Waals surface area contributed by atoms with Crippen molar-refractivity contribution in [3.05, 3.63) is 59.3 Å². The largest absolute Gasteiger partial charge is 0.476 e. The lowest BCUT2D eigenvalue weighted by molar-refractivity contribution is -0.142. The van der Waals surface area contributed by atoms with Crippen LogP contribution in [0.15, 0.2) is 36.8 Å². The summed E-state index contributed by atoms with van der Waals surface area (Å²) in [5.74, 6) is -1.36. The molecule has 0 saturated heterocycles. The zero-order chi connectivity index (χ0) is 21.6. The molecule has 1 unspecified atom stereocenters. The number of pyridine rings is 1. The van der Waals surface area contributed by atoms with Crippen LogP contribution in [0, 0.1) is 0 Å². The molecule has 0 amide bonds. The summed E-state index contributed by atoms with van der Waals surface area (Å²) in [6, 6.07) is 3.19. The minimum atomic E-state index is -5.05. The number of halogens is 6. The van der Waals surface area contributed by atoms with Crippen molar-refractivity contribution in [2.75, 3.05) is 0 Å². The lowest BCUT2D eigenvalue weighted by Gasteiger charge is -2.18. The van der Waals surface area contributed by atoms with Gasteiger partial charge in [0.2, 0.25) is 0 Å². The number of alkyl halides is 6. The fourth-order valence-electron chi connectivity index (χ4n) is 2.79. The fourth-order valence-corrected chi connectivity index (χ4v) is 2.79. The summed E-state index contributed by atoms with van der Waals surface area (Å²) in [7, 11) is 0. The maximum Gasteiger partial charge on any atom is 0.433 e. The Balaban J connectivity index is 2.15. The molecule has 3 aromatic rings. The summed E-state index contributed by atoms with van der Waals surface area (Å²) < 4.78 is 80.5. The lowest BCUT2D eigenvalue weighted by atomic mass is 9.99. The Morgan fingerprint density at radius 3 is 2.38 bits per heavy atom. The number of fused-ring (bicyclic) bond motifs is 1. The number of aliphatic hydroxyl groups is 1. The van der Waals surface area contributed by atoms with E-state index in [1.165, 1.54) is 0 Å². The highest BCUT2D eigenvalue weighted by atomic mass is 19.4. The Bertz CT molecular complexity index is 1070. The van der Waals surface area contributed by atoms with Crippen LogP contribution in [0.25, 0.3) is 10.9 Å². The Hall–Kier alpha value is -3.15. The number of aliphatic hydroxyl groups excluding tert-OH is 1. The summed E-state index contributed by atoms with van der Waals surface area (Å²) in [5.41, 5.74) is -4.70. The Kier molecular flexibility index (Phi) is 4.99. The number of carboxylic acid groups (broad SMARTS) is 1. The second-order valence-electron chi connectivity index (χ2n) is 6.07. The SMILES string of the molecule is O=C(O)c1cn(CC(O)c2cc(C(F)(F)F)nc3c(C(F)(F)F)cccc23)cn1. The molecule has 0 spiro atoms. The summed E-state index contributed by atoms with van der Waals surface area (Å²) >= 11 is 0. The smallest absolute Gasteiger partial charge is 0.433 e. The van der Waals surface area contributed by atoms with Gasteiger partial charge in [-0.2, -0.15) is 26.3 Å². The highest BCUT2D eigenvalue weighted by Gasteiger charge is 2.38. The Morgan fingerprint density at radius 2 is 1.83 bits per heavy atom. The van der Waals surface area contributed by atoms with E-state index in [0.717, 1.165) is 29.2 Å². The molecule has 1 atom stereocenters. The molecule has 0 fully saturated rings. The van der Waals surface area contributed by atoms with Crippen LogP contribution in [0.3, 0.4) is 0 Å². The van der Waals surface area contributed by atoms with E-state index in [0.29, 0.717) is 12.1 Å². The first-order valence-corrected chi connectivity index (χ1v) is 7.89. The molecule has 12 heteroatoms. The van der Waals surface area contributed by atoms with Gasteiger partial charge in [-0.3, -0.25) is 0 Å². The van der Waals surface area contributed by atoms with Crippen LogP contribution in [0.4, 0.5) is 26.3 Å². The first kappa shape index (κ1) is 20.6. The highest BCUT2D eigenvalue weighted by Crippen LogP contribution is 2.39. The van der Waals surface area contributed by atoms with E-state index in [4.69, 9.17) is 5.11 Å². The van der Waals surface area contributed by atoms with E-state index in [1.807, 2.05) is 0 Å². The van der Waals surface area contributed by atoms with Gasteiger partial charge in [0.15, 0.2) is 5.69 Å².